The van der Waals surface area contributed by atoms with Crippen molar-refractivity contribution in [2.75, 3.05) is 18.2 Å². The first-order chi connectivity index (χ1) is 11.0. The van der Waals surface area contributed by atoms with Gasteiger partial charge in [0.15, 0.2) is 0 Å². The van der Waals surface area contributed by atoms with E-state index >= 15 is 0 Å². The van der Waals surface area contributed by atoms with Crippen LogP contribution in [0.3, 0.4) is 0 Å². The molecule has 1 aromatic heterocycles. The summed E-state index contributed by atoms with van der Waals surface area (Å²) in [6.07, 6.45) is 1.58. The van der Waals surface area contributed by atoms with Crippen molar-refractivity contribution in [2.24, 2.45) is 0 Å². The van der Waals surface area contributed by atoms with Crippen LogP contribution in [0, 0.1) is 13.8 Å². The summed E-state index contributed by atoms with van der Waals surface area (Å²) < 4.78 is 4.72. The zero-order valence-electron chi connectivity index (χ0n) is 13.3. The van der Waals surface area contributed by atoms with Gasteiger partial charge in [0.25, 0.3) is 0 Å². The number of rotatable bonds is 5. The molecule has 0 saturated heterocycles. The second-order valence-corrected chi connectivity index (χ2v) is 5.92. The number of aromatic nitrogens is 1. The first kappa shape index (κ1) is 17.0. The van der Waals surface area contributed by atoms with Crippen LogP contribution in [0.1, 0.15) is 21.5 Å². The van der Waals surface area contributed by atoms with E-state index in [0.29, 0.717) is 10.6 Å². The van der Waals surface area contributed by atoms with Crippen molar-refractivity contribution >= 4 is 29.3 Å². The second-order valence-electron chi connectivity index (χ2n) is 4.95. The van der Waals surface area contributed by atoms with Crippen LogP contribution >= 0.6 is 11.8 Å². The number of para-hydroxylation sites is 1. The molecule has 0 aliphatic rings. The highest BCUT2D eigenvalue weighted by Gasteiger charge is 2.15. The van der Waals surface area contributed by atoms with Crippen molar-refractivity contribution in [1.29, 1.82) is 0 Å². The van der Waals surface area contributed by atoms with Gasteiger partial charge in [-0.05, 0) is 37.1 Å². The number of ether oxygens (including phenoxy) is 1. The van der Waals surface area contributed by atoms with E-state index in [0.717, 1.165) is 16.8 Å². The summed E-state index contributed by atoms with van der Waals surface area (Å²) in [5.74, 6) is -0.445. The number of nitrogens with zero attached hydrogens (tertiary/aromatic N) is 1. The number of carbonyl (C=O) groups excluding carboxylic acids is 2. The summed E-state index contributed by atoms with van der Waals surface area (Å²) in [5.41, 5.74) is 3.21. The number of aryl methyl sites for hydroxylation is 2. The van der Waals surface area contributed by atoms with E-state index in [-0.39, 0.29) is 11.7 Å². The molecule has 1 amide bonds. The minimum atomic E-state index is -0.462. The molecule has 120 valence electrons. The SMILES string of the molecule is COC(=O)c1cccnc1SCC(=O)Nc1c(C)cccc1C. The fourth-order valence-electron chi connectivity index (χ4n) is 2.09. The Morgan fingerprint density at radius 3 is 2.52 bits per heavy atom. The Bertz CT molecular complexity index is 711. The summed E-state index contributed by atoms with van der Waals surface area (Å²) in [6, 6.07) is 9.14. The van der Waals surface area contributed by atoms with Gasteiger partial charge in [0.05, 0.1) is 18.4 Å². The summed E-state index contributed by atoms with van der Waals surface area (Å²) in [6.45, 7) is 3.90. The first-order valence-corrected chi connectivity index (χ1v) is 8.03. The molecule has 6 heteroatoms. The lowest BCUT2D eigenvalue weighted by Crippen LogP contribution is -2.16. The van der Waals surface area contributed by atoms with E-state index in [1.165, 1.54) is 18.9 Å². The van der Waals surface area contributed by atoms with Gasteiger partial charge in [0.1, 0.15) is 5.03 Å². The lowest BCUT2D eigenvalue weighted by Gasteiger charge is -2.11. The highest BCUT2D eigenvalue weighted by molar-refractivity contribution is 8.00. The molecule has 1 heterocycles. The molecule has 2 rings (SSSR count). The van der Waals surface area contributed by atoms with Crippen LogP contribution < -0.4 is 5.32 Å². The molecule has 1 aromatic carbocycles. The second kappa shape index (κ2) is 7.78. The fraction of sp³-hybridized carbons (Fsp3) is 0.235. The van der Waals surface area contributed by atoms with Crippen molar-refractivity contribution in [3.63, 3.8) is 0 Å². The number of methoxy groups -OCH3 is 1. The van der Waals surface area contributed by atoms with Gasteiger partial charge in [0.2, 0.25) is 5.91 Å². The van der Waals surface area contributed by atoms with E-state index in [4.69, 9.17) is 4.74 Å². The van der Waals surface area contributed by atoms with Crippen LogP contribution in [-0.4, -0.2) is 29.7 Å². The van der Waals surface area contributed by atoms with Gasteiger partial charge < -0.3 is 10.1 Å². The van der Waals surface area contributed by atoms with Gasteiger partial charge in [-0.3, -0.25) is 4.79 Å². The third-order valence-corrected chi connectivity index (χ3v) is 4.27. The Balaban J connectivity index is 2.04. The molecule has 1 N–H and O–H groups in total. The zero-order chi connectivity index (χ0) is 16.8. The van der Waals surface area contributed by atoms with Crippen molar-refractivity contribution in [1.82, 2.24) is 4.98 Å². The molecular formula is C17H18N2O3S. The molecule has 0 unspecified atom stereocenters. The van der Waals surface area contributed by atoms with Gasteiger partial charge in [-0.2, -0.15) is 0 Å². The monoisotopic (exact) mass is 330 g/mol. The Hall–Kier alpha value is -2.34. The fourth-order valence-corrected chi connectivity index (χ4v) is 2.87. The largest absolute Gasteiger partial charge is 0.465 e. The first-order valence-electron chi connectivity index (χ1n) is 7.05. The zero-order valence-corrected chi connectivity index (χ0v) is 14.1. The van der Waals surface area contributed by atoms with Crippen molar-refractivity contribution < 1.29 is 14.3 Å². The summed E-state index contributed by atoms with van der Waals surface area (Å²) in [5, 5.41) is 3.39. The number of hydrogen-bond acceptors (Lipinski definition) is 5. The third kappa shape index (κ3) is 4.32. The molecular weight excluding hydrogens is 312 g/mol. The van der Waals surface area contributed by atoms with Crippen LogP contribution in [0.15, 0.2) is 41.6 Å². The topological polar surface area (TPSA) is 68.3 Å². The number of benzene rings is 1. The van der Waals surface area contributed by atoms with Crippen molar-refractivity contribution in [3.05, 3.63) is 53.2 Å². The minimum absolute atomic E-state index is 0.145. The highest BCUT2D eigenvalue weighted by atomic mass is 32.2. The Kier molecular flexibility index (Phi) is 5.76. The molecule has 0 bridgehead atoms. The maximum atomic E-state index is 12.2. The standard InChI is InChI=1S/C17H18N2O3S/c1-11-6-4-7-12(2)15(11)19-14(20)10-23-16-13(17(21)22-3)8-5-9-18-16/h4-9H,10H2,1-3H3,(H,19,20). The molecule has 0 aliphatic heterocycles. The van der Waals surface area contributed by atoms with Gasteiger partial charge in [-0.1, -0.05) is 30.0 Å². The van der Waals surface area contributed by atoms with Crippen molar-refractivity contribution in [2.45, 2.75) is 18.9 Å². The number of esters is 1. The van der Waals surface area contributed by atoms with Crippen molar-refractivity contribution in [3.8, 4) is 0 Å². The highest BCUT2D eigenvalue weighted by Crippen LogP contribution is 2.23. The van der Waals surface area contributed by atoms with E-state index in [9.17, 15) is 9.59 Å². The van der Waals surface area contributed by atoms with Crippen LogP contribution in [0.4, 0.5) is 5.69 Å². The average Bonchev–Trinajstić information content (AvgIpc) is 2.56. The molecule has 0 fully saturated rings. The predicted molar refractivity (Wildman–Crippen MR) is 90.8 cm³/mol. The van der Waals surface area contributed by atoms with Gasteiger partial charge in [-0.25, -0.2) is 9.78 Å². The quantitative estimate of drug-likeness (QED) is 0.673. The molecule has 0 aliphatic carbocycles. The Morgan fingerprint density at radius 2 is 1.87 bits per heavy atom. The van der Waals surface area contributed by atoms with Crippen LogP contribution in [0.25, 0.3) is 0 Å². The lowest BCUT2D eigenvalue weighted by molar-refractivity contribution is -0.113. The normalized spacial score (nSPS) is 10.2. The summed E-state index contributed by atoms with van der Waals surface area (Å²) >= 11 is 1.21. The summed E-state index contributed by atoms with van der Waals surface area (Å²) in [7, 11) is 1.32. The van der Waals surface area contributed by atoms with E-state index in [1.54, 1.807) is 18.3 Å². The maximum absolute atomic E-state index is 12.2. The number of thioether (sulfide) groups is 1. The molecule has 2 aromatic rings. The maximum Gasteiger partial charge on any atom is 0.340 e. The molecule has 5 nitrogen and oxygen atoms in total. The van der Waals surface area contributed by atoms with Gasteiger partial charge in [-0.15, -0.1) is 0 Å². The third-order valence-electron chi connectivity index (χ3n) is 3.26. The lowest BCUT2D eigenvalue weighted by atomic mass is 10.1. The molecule has 0 radical (unpaired) electrons. The Labute approximate surface area is 139 Å². The van der Waals surface area contributed by atoms with Crippen LogP contribution in [0.5, 0.6) is 0 Å². The average molecular weight is 330 g/mol. The van der Waals surface area contributed by atoms with Gasteiger partial charge in [0, 0.05) is 11.9 Å². The van der Waals surface area contributed by atoms with E-state index in [2.05, 4.69) is 10.3 Å². The number of pyridine rings is 1. The molecule has 0 atom stereocenters. The molecule has 23 heavy (non-hydrogen) atoms. The predicted octanol–water partition coefficient (Wildman–Crippen LogP) is 3.22. The van der Waals surface area contributed by atoms with Gasteiger partial charge >= 0.3 is 5.97 Å². The van der Waals surface area contributed by atoms with E-state index < -0.39 is 5.97 Å². The van der Waals surface area contributed by atoms with Crippen LogP contribution in [-0.2, 0) is 9.53 Å². The molecule has 0 saturated carbocycles. The number of hydrogen-bond donors (Lipinski definition) is 1. The smallest absolute Gasteiger partial charge is 0.340 e. The minimum Gasteiger partial charge on any atom is -0.465 e. The number of amides is 1. The number of anilines is 1. The molecule has 0 spiro atoms. The van der Waals surface area contributed by atoms with Crippen LogP contribution in [0.2, 0.25) is 0 Å². The number of carbonyl (C=O) groups is 2. The number of nitrogens with one attached hydrogen (secondary N) is 1. The summed E-state index contributed by atoms with van der Waals surface area (Å²) in [4.78, 5) is 28.0. The van der Waals surface area contributed by atoms with E-state index in [1.807, 2.05) is 32.0 Å². The Morgan fingerprint density at radius 1 is 1.17 bits per heavy atom.